The summed E-state index contributed by atoms with van der Waals surface area (Å²) in [7, 11) is -1.28. The summed E-state index contributed by atoms with van der Waals surface area (Å²) in [5.41, 5.74) is 1.26. The molecule has 0 amide bonds. The number of rotatable bonds is 5. The molecule has 22 heavy (non-hydrogen) atoms. The molecule has 0 aromatic carbocycles. The third-order valence-electron chi connectivity index (χ3n) is 3.79. The highest BCUT2D eigenvalue weighted by molar-refractivity contribution is 7.84. The van der Waals surface area contributed by atoms with Crippen LogP contribution in [0.2, 0.25) is 0 Å². The Bertz CT molecular complexity index is 583. The molecule has 0 saturated carbocycles. The van der Waals surface area contributed by atoms with Gasteiger partial charge in [-0.3, -0.25) is 9.78 Å². The molecule has 0 spiro atoms. The maximum atomic E-state index is 12.6. The van der Waals surface area contributed by atoms with E-state index in [4.69, 9.17) is 4.74 Å². The second-order valence-electron chi connectivity index (χ2n) is 6.54. The van der Waals surface area contributed by atoms with Crippen molar-refractivity contribution in [1.29, 1.82) is 0 Å². The summed E-state index contributed by atoms with van der Waals surface area (Å²) in [6, 6.07) is 3.81. The van der Waals surface area contributed by atoms with Gasteiger partial charge in [0.15, 0.2) is 0 Å². The fraction of sp³-hybridized carbons (Fsp3) is 0.625. The van der Waals surface area contributed by atoms with Gasteiger partial charge in [-0.25, -0.2) is 8.93 Å². The van der Waals surface area contributed by atoms with Crippen molar-refractivity contribution in [2.24, 2.45) is 0 Å². The maximum Gasteiger partial charge on any atom is 0.308 e. The molecule has 0 aliphatic heterocycles. The number of nitrogens with one attached hydrogen (secondary N) is 1. The van der Waals surface area contributed by atoms with Crippen molar-refractivity contribution in [2.75, 3.05) is 6.61 Å². The molecule has 1 aromatic rings. The van der Waals surface area contributed by atoms with Crippen molar-refractivity contribution in [3.8, 4) is 0 Å². The maximum absolute atomic E-state index is 12.6. The number of fused-ring (bicyclic) bond motifs is 1. The van der Waals surface area contributed by atoms with Crippen LogP contribution in [0, 0.1) is 0 Å². The molecule has 1 aliphatic carbocycles. The largest absolute Gasteiger partial charge is 0.466 e. The van der Waals surface area contributed by atoms with Crippen LogP contribution in [0.25, 0.3) is 0 Å². The van der Waals surface area contributed by atoms with Gasteiger partial charge in [0.05, 0.1) is 34.3 Å². The Balaban J connectivity index is 2.35. The SMILES string of the molecule is CCOC(=O)CC1(NS(=O)C(C)(C)C)CCc2ncccc21. The summed E-state index contributed by atoms with van der Waals surface area (Å²) in [6.45, 7) is 7.86. The van der Waals surface area contributed by atoms with Crippen molar-refractivity contribution in [2.45, 2.75) is 57.2 Å². The van der Waals surface area contributed by atoms with Crippen LogP contribution in [-0.2, 0) is 32.5 Å². The zero-order valence-electron chi connectivity index (χ0n) is 13.6. The normalized spacial score (nSPS) is 22.2. The smallest absolute Gasteiger partial charge is 0.308 e. The van der Waals surface area contributed by atoms with Crippen LogP contribution in [0.1, 0.15) is 51.8 Å². The van der Waals surface area contributed by atoms with Gasteiger partial charge in [0, 0.05) is 11.9 Å². The fourth-order valence-electron chi connectivity index (χ4n) is 2.65. The topological polar surface area (TPSA) is 68.3 Å². The summed E-state index contributed by atoms with van der Waals surface area (Å²) in [5, 5.41) is 0. The molecule has 1 N–H and O–H groups in total. The van der Waals surface area contributed by atoms with E-state index < -0.39 is 21.3 Å². The van der Waals surface area contributed by atoms with Crippen molar-refractivity contribution in [3.05, 3.63) is 29.6 Å². The van der Waals surface area contributed by atoms with Gasteiger partial charge >= 0.3 is 5.97 Å². The zero-order valence-corrected chi connectivity index (χ0v) is 14.5. The highest BCUT2D eigenvalue weighted by atomic mass is 32.2. The summed E-state index contributed by atoms with van der Waals surface area (Å²) in [6.07, 6.45) is 3.38. The van der Waals surface area contributed by atoms with E-state index in [9.17, 15) is 9.00 Å². The predicted molar refractivity (Wildman–Crippen MR) is 86.5 cm³/mol. The standard InChI is InChI=1S/C16H24N2O3S/c1-5-21-14(19)11-16(18-22(20)15(2,3)4)9-8-13-12(16)7-6-10-17-13/h6-7,10,18H,5,8-9,11H2,1-4H3. The lowest BCUT2D eigenvalue weighted by Gasteiger charge is -2.33. The Morgan fingerprint density at radius 2 is 2.23 bits per heavy atom. The Kier molecular flexibility index (Phi) is 5.02. The molecular formula is C16H24N2O3S. The second-order valence-corrected chi connectivity index (χ2v) is 8.51. The Morgan fingerprint density at radius 1 is 1.50 bits per heavy atom. The Morgan fingerprint density at radius 3 is 2.86 bits per heavy atom. The van der Waals surface area contributed by atoms with Gasteiger partial charge in [-0.15, -0.1) is 0 Å². The Hall–Kier alpha value is -1.27. The molecule has 1 aliphatic rings. The molecule has 2 rings (SSSR count). The molecule has 1 heterocycles. The van der Waals surface area contributed by atoms with E-state index >= 15 is 0 Å². The minimum absolute atomic E-state index is 0.168. The summed E-state index contributed by atoms with van der Waals surface area (Å²) in [5.74, 6) is -0.280. The molecule has 2 unspecified atom stereocenters. The van der Waals surface area contributed by atoms with Gasteiger partial charge in [-0.2, -0.15) is 0 Å². The monoisotopic (exact) mass is 324 g/mol. The Labute approximate surface area is 134 Å². The molecule has 5 nitrogen and oxygen atoms in total. The predicted octanol–water partition coefficient (Wildman–Crippen LogP) is 2.23. The number of carbonyl (C=O) groups is 1. The first-order valence-corrected chi connectivity index (χ1v) is 8.73. The summed E-state index contributed by atoms with van der Waals surface area (Å²) < 4.78 is 20.5. The van der Waals surface area contributed by atoms with Gasteiger partial charge in [-0.1, -0.05) is 6.07 Å². The van der Waals surface area contributed by atoms with E-state index in [-0.39, 0.29) is 12.4 Å². The van der Waals surface area contributed by atoms with E-state index in [1.165, 1.54) is 0 Å². The average Bonchev–Trinajstić information content (AvgIpc) is 2.77. The highest BCUT2D eigenvalue weighted by Crippen LogP contribution is 2.39. The van der Waals surface area contributed by atoms with Crippen LogP contribution < -0.4 is 4.72 Å². The van der Waals surface area contributed by atoms with Crippen LogP contribution in [0.5, 0.6) is 0 Å². The number of carbonyl (C=O) groups excluding carboxylic acids is 1. The molecular weight excluding hydrogens is 300 g/mol. The van der Waals surface area contributed by atoms with E-state index in [2.05, 4.69) is 9.71 Å². The number of pyridine rings is 1. The van der Waals surface area contributed by atoms with Gasteiger partial charge in [-0.05, 0) is 52.2 Å². The quantitative estimate of drug-likeness (QED) is 0.843. The minimum atomic E-state index is -1.28. The number of hydrogen-bond acceptors (Lipinski definition) is 4. The van der Waals surface area contributed by atoms with Crippen molar-refractivity contribution >= 4 is 17.0 Å². The van der Waals surface area contributed by atoms with Gasteiger partial charge < -0.3 is 4.74 Å². The van der Waals surface area contributed by atoms with E-state index in [0.717, 1.165) is 17.7 Å². The molecule has 1 aromatic heterocycles. The van der Waals surface area contributed by atoms with Crippen LogP contribution >= 0.6 is 0 Å². The lowest BCUT2D eigenvalue weighted by Crippen LogP contribution is -2.48. The lowest BCUT2D eigenvalue weighted by molar-refractivity contribution is -0.144. The number of nitrogens with zero attached hydrogens (tertiary/aromatic N) is 1. The van der Waals surface area contributed by atoms with E-state index in [0.29, 0.717) is 13.0 Å². The first kappa shape index (κ1) is 17.1. The first-order valence-electron chi connectivity index (χ1n) is 7.58. The summed E-state index contributed by atoms with van der Waals surface area (Å²) >= 11 is 0. The molecule has 122 valence electrons. The first-order chi connectivity index (χ1) is 10.3. The molecule has 0 radical (unpaired) electrons. The van der Waals surface area contributed by atoms with Gasteiger partial charge in [0.1, 0.15) is 0 Å². The van der Waals surface area contributed by atoms with Crippen molar-refractivity contribution in [3.63, 3.8) is 0 Å². The lowest BCUT2D eigenvalue weighted by atomic mass is 9.90. The molecule has 2 atom stereocenters. The minimum Gasteiger partial charge on any atom is -0.466 e. The van der Waals surface area contributed by atoms with Crippen LogP contribution in [0.3, 0.4) is 0 Å². The molecule has 6 heteroatoms. The zero-order chi connectivity index (χ0) is 16.4. The summed E-state index contributed by atoms with van der Waals surface area (Å²) in [4.78, 5) is 16.4. The third kappa shape index (κ3) is 3.55. The van der Waals surface area contributed by atoms with Crippen molar-refractivity contribution in [1.82, 2.24) is 9.71 Å². The van der Waals surface area contributed by atoms with Gasteiger partial charge in [0.2, 0.25) is 0 Å². The highest BCUT2D eigenvalue weighted by Gasteiger charge is 2.44. The molecule has 0 fully saturated rings. The van der Waals surface area contributed by atoms with Gasteiger partial charge in [0.25, 0.3) is 0 Å². The number of aryl methyl sites for hydroxylation is 1. The van der Waals surface area contributed by atoms with E-state index in [1.807, 2.05) is 32.9 Å². The third-order valence-corrected chi connectivity index (χ3v) is 5.48. The molecule has 0 saturated heterocycles. The number of esters is 1. The van der Waals surface area contributed by atoms with Crippen molar-refractivity contribution < 1.29 is 13.7 Å². The second kappa shape index (κ2) is 6.46. The number of hydrogen-bond donors (Lipinski definition) is 1. The van der Waals surface area contributed by atoms with E-state index in [1.54, 1.807) is 13.1 Å². The van der Waals surface area contributed by atoms with Crippen LogP contribution in [-0.4, -0.2) is 26.5 Å². The number of ether oxygens (including phenoxy) is 1. The number of aromatic nitrogens is 1. The van der Waals surface area contributed by atoms with Crippen LogP contribution in [0.15, 0.2) is 18.3 Å². The fourth-order valence-corrected chi connectivity index (χ4v) is 3.60. The van der Waals surface area contributed by atoms with Crippen LogP contribution in [0.4, 0.5) is 0 Å². The molecule has 0 bridgehead atoms. The average molecular weight is 324 g/mol.